The van der Waals surface area contributed by atoms with Crippen molar-refractivity contribution in [1.82, 2.24) is 25.2 Å². The summed E-state index contributed by atoms with van der Waals surface area (Å²) in [6, 6.07) is 13.4. The second-order valence-electron chi connectivity index (χ2n) is 6.56. The summed E-state index contributed by atoms with van der Waals surface area (Å²) in [5, 5.41) is 14.9. The third kappa shape index (κ3) is 3.43. The van der Waals surface area contributed by atoms with Crippen molar-refractivity contribution in [2.45, 2.75) is 19.8 Å². The van der Waals surface area contributed by atoms with Gasteiger partial charge in [-0.1, -0.05) is 43.4 Å². The van der Waals surface area contributed by atoms with Gasteiger partial charge in [0.2, 0.25) is 0 Å². The fourth-order valence-corrected chi connectivity index (χ4v) is 3.71. The highest BCUT2D eigenvalue weighted by molar-refractivity contribution is 7.22. The van der Waals surface area contributed by atoms with Crippen LogP contribution in [0.3, 0.4) is 0 Å². The summed E-state index contributed by atoms with van der Waals surface area (Å²) in [4.78, 5) is 17.2. The zero-order valence-electron chi connectivity index (χ0n) is 15.2. The summed E-state index contributed by atoms with van der Waals surface area (Å²) in [6.07, 6.45) is 0. The minimum atomic E-state index is -0.213. The van der Waals surface area contributed by atoms with Gasteiger partial charge >= 0.3 is 0 Å². The van der Waals surface area contributed by atoms with E-state index in [0.717, 1.165) is 15.8 Å². The van der Waals surface area contributed by atoms with Gasteiger partial charge in [-0.3, -0.25) is 10.1 Å². The number of benzene rings is 2. The predicted octanol–water partition coefficient (Wildman–Crippen LogP) is 3.86. The first-order valence-electron chi connectivity index (χ1n) is 8.56. The maximum Gasteiger partial charge on any atom is 0.257 e. The van der Waals surface area contributed by atoms with E-state index in [2.05, 4.69) is 51.8 Å². The van der Waals surface area contributed by atoms with Crippen LogP contribution in [0.1, 0.15) is 35.7 Å². The quantitative estimate of drug-likeness (QED) is 0.583. The SMILES string of the molecule is CC(C)c1ccc2nc(NC(=O)c3cccc(-c4nnnn4C)c3)sc2c1. The molecule has 0 saturated heterocycles. The van der Waals surface area contributed by atoms with Crippen molar-refractivity contribution >= 4 is 32.6 Å². The summed E-state index contributed by atoms with van der Waals surface area (Å²) in [7, 11) is 1.76. The molecule has 4 rings (SSSR count). The molecular weight excluding hydrogens is 360 g/mol. The van der Waals surface area contributed by atoms with E-state index in [4.69, 9.17) is 0 Å². The number of carbonyl (C=O) groups excluding carboxylic acids is 1. The van der Waals surface area contributed by atoms with Crippen molar-refractivity contribution in [1.29, 1.82) is 0 Å². The van der Waals surface area contributed by atoms with Gasteiger partial charge in [-0.15, -0.1) is 5.10 Å². The maximum absolute atomic E-state index is 12.7. The van der Waals surface area contributed by atoms with Crippen molar-refractivity contribution in [2.24, 2.45) is 7.05 Å². The monoisotopic (exact) mass is 378 g/mol. The predicted molar refractivity (Wildman–Crippen MR) is 106 cm³/mol. The molecule has 0 atom stereocenters. The number of hydrogen-bond acceptors (Lipinski definition) is 6. The molecule has 27 heavy (non-hydrogen) atoms. The van der Waals surface area contributed by atoms with Crippen LogP contribution in [0.15, 0.2) is 42.5 Å². The van der Waals surface area contributed by atoms with E-state index in [1.165, 1.54) is 16.9 Å². The first-order chi connectivity index (χ1) is 13.0. The van der Waals surface area contributed by atoms with E-state index in [1.807, 2.05) is 18.2 Å². The molecule has 0 aliphatic carbocycles. The zero-order valence-corrected chi connectivity index (χ0v) is 16.0. The lowest BCUT2D eigenvalue weighted by Crippen LogP contribution is -2.11. The van der Waals surface area contributed by atoms with E-state index >= 15 is 0 Å². The molecule has 7 nitrogen and oxygen atoms in total. The highest BCUT2D eigenvalue weighted by Gasteiger charge is 2.13. The summed E-state index contributed by atoms with van der Waals surface area (Å²) in [5.74, 6) is 0.841. The largest absolute Gasteiger partial charge is 0.298 e. The lowest BCUT2D eigenvalue weighted by molar-refractivity contribution is 0.102. The van der Waals surface area contributed by atoms with Crippen molar-refractivity contribution in [3.63, 3.8) is 0 Å². The molecule has 1 N–H and O–H groups in total. The molecule has 0 radical (unpaired) electrons. The average Bonchev–Trinajstić information content (AvgIpc) is 3.26. The average molecular weight is 378 g/mol. The number of amides is 1. The minimum absolute atomic E-state index is 0.213. The van der Waals surface area contributed by atoms with E-state index in [-0.39, 0.29) is 5.91 Å². The van der Waals surface area contributed by atoms with Crippen LogP contribution in [0.4, 0.5) is 5.13 Å². The zero-order chi connectivity index (χ0) is 19.0. The van der Waals surface area contributed by atoms with Gasteiger partial charge in [0.15, 0.2) is 11.0 Å². The molecule has 2 aromatic heterocycles. The Morgan fingerprint density at radius 1 is 1.19 bits per heavy atom. The van der Waals surface area contributed by atoms with Crippen LogP contribution in [0, 0.1) is 0 Å². The first-order valence-corrected chi connectivity index (χ1v) is 9.37. The summed E-state index contributed by atoms with van der Waals surface area (Å²) in [5.41, 5.74) is 3.45. The third-order valence-corrected chi connectivity index (χ3v) is 5.24. The number of nitrogens with one attached hydrogen (secondary N) is 1. The Balaban J connectivity index is 1.59. The standard InChI is InChI=1S/C19H18N6OS/c1-11(2)12-7-8-15-16(10-12)27-19(20-15)21-18(26)14-6-4-5-13(9-14)17-22-23-24-25(17)3/h4-11H,1-3H3,(H,20,21,26). The van der Waals surface area contributed by atoms with Crippen LogP contribution in [-0.4, -0.2) is 31.1 Å². The van der Waals surface area contributed by atoms with Crippen LogP contribution in [0.5, 0.6) is 0 Å². The third-order valence-electron chi connectivity index (χ3n) is 4.30. The molecule has 0 unspecified atom stereocenters. The van der Waals surface area contributed by atoms with Crippen molar-refractivity contribution in [3.8, 4) is 11.4 Å². The Bertz CT molecular complexity index is 1130. The number of carbonyl (C=O) groups is 1. The van der Waals surface area contributed by atoms with Gasteiger partial charge < -0.3 is 0 Å². The van der Waals surface area contributed by atoms with E-state index in [1.54, 1.807) is 23.9 Å². The topological polar surface area (TPSA) is 85.6 Å². The molecule has 8 heteroatoms. The Kier molecular flexibility index (Phi) is 4.41. The summed E-state index contributed by atoms with van der Waals surface area (Å²) < 4.78 is 2.63. The number of thiazole rings is 1. The highest BCUT2D eigenvalue weighted by atomic mass is 32.1. The Morgan fingerprint density at radius 3 is 2.78 bits per heavy atom. The molecule has 0 aliphatic heterocycles. The molecule has 0 aliphatic rings. The molecule has 1 amide bonds. The van der Waals surface area contributed by atoms with Crippen LogP contribution < -0.4 is 5.32 Å². The van der Waals surface area contributed by atoms with Gasteiger partial charge in [-0.25, -0.2) is 9.67 Å². The molecule has 0 bridgehead atoms. The lowest BCUT2D eigenvalue weighted by Gasteiger charge is -2.04. The van der Waals surface area contributed by atoms with Gasteiger partial charge in [0, 0.05) is 18.2 Å². The Morgan fingerprint density at radius 2 is 2.04 bits per heavy atom. The van der Waals surface area contributed by atoms with E-state index in [0.29, 0.717) is 22.4 Å². The van der Waals surface area contributed by atoms with Crippen molar-refractivity contribution in [2.75, 3.05) is 5.32 Å². The highest BCUT2D eigenvalue weighted by Crippen LogP contribution is 2.29. The number of aryl methyl sites for hydroxylation is 1. The van der Waals surface area contributed by atoms with Gasteiger partial charge in [0.05, 0.1) is 10.2 Å². The molecule has 0 spiro atoms. The molecule has 4 aromatic rings. The number of aromatic nitrogens is 5. The first kappa shape index (κ1) is 17.3. The minimum Gasteiger partial charge on any atom is -0.298 e. The van der Waals surface area contributed by atoms with E-state index < -0.39 is 0 Å². The number of tetrazole rings is 1. The van der Waals surface area contributed by atoms with E-state index in [9.17, 15) is 4.79 Å². The number of rotatable bonds is 4. The fraction of sp³-hybridized carbons (Fsp3) is 0.211. The molecule has 2 aromatic carbocycles. The second kappa shape index (κ2) is 6.88. The molecule has 136 valence electrons. The van der Waals surface area contributed by atoms with Crippen LogP contribution >= 0.6 is 11.3 Å². The lowest BCUT2D eigenvalue weighted by atomic mass is 10.0. The van der Waals surface area contributed by atoms with Crippen LogP contribution in [-0.2, 0) is 7.05 Å². The smallest absolute Gasteiger partial charge is 0.257 e. The summed E-state index contributed by atoms with van der Waals surface area (Å²) in [6.45, 7) is 4.31. The number of anilines is 1. The Hall–Kier alpha value is -3.13. The number of nitrogens with zero attached hydrogens (tertiary/aromatic N) is 5. The van der Waals surface area contributed by atoms with Gasteiger partial charge in [0.25, 0.3) is 5.91 Å². The van der Waals surface area contributed by atoms with Crippen LogP contribution in [0.2, 0.25) is 0 Å². The fourth-order valence-electron chi connectivity index (χ4n) is 2.80. The van der Waals surface area contributed by atoms with Gasteiger partial charge in [-0.05, 0) is 46.2 Å². The maximum atomic E-state index is 12.7. The second-order valence-corrected chi connectivity index (χ2v) is 7.59. The van der Waals surface area contributed by atoms with Gasteiger partial charge in [0.1, 0.15) is 0 Å². The molecule has 0 saturated carbocycles. The van der Waals surface area contributed by atoms with Crippen LogP contribution in [0.25, 0.3) is 21.6 Å². The number of fused-ring (bicyclic) bond motifs is 1. The Labute approximate surface area is 160 Å². The molecular formula is C19H18N6OS. The van der Waals surface area contributed by atoms with Gasteiger partial charge in [-0.2, -0.15) is 0 Å². The number of hydrogen-bond donors (Lipinski definition) is 1. The molecule has 0 fully saturated rings. The van der Waals surface area contributed by atoms with Crippen molar-refractivity contribution in [3.05, 3.63) is 53.6 Å². The van der Waals surface area contributed by atoms with Crippen molar-refractivity contribution < 1.29 is 4.79 Å². The summed E-state index contributed by atoms with van der Waals surface area (Å²) >= 11 is 1.48. The normalized spacial score (nSPS) is 11.3. The molecule has 2 heterocycles.